The molecule has 1 aromatic carbocycles. The number of nitrogens with zero attached hydrogens (tertiary/aromatic N) is 3. The highest BCUT2D eigenvalue weighted by atomic mass is 79.9. The van der Waals surface area contributed by atoms with Crippen molar-refractivity contribution in [1.82, 2.24) is 14.6 Å². The molecule has 0 aliphatic heterocycles. The molecule has 2 heterocycles. The zero-order chi connectivity index (χ0) is 11.7. The first kappa shape index (κ1) is 10.3. The molecule has 0 saturated carbocycles. The fourth-order valence-electron chi connectivity index (χ4n) is 1.60. The van der Waals surface area contributed by atoms with E-state index in [2.05, 4.69) is 31.4 Å². The van der Waals surface area contributed by atoms with Crippen LogP contribution in [0.2, 0.25) is 0 Å². The van der Waals surface area contributed by atoms with Crippen molar-refractivity contribution >= 4 is 33.2 Å². The molecule has 0 radical (unpaired) electrons. The van der Waals surface area contributed by atoms with Crippen LogP contribution in [0.25, 0.3) is 5.65 Å². The van der Waals surface area contributed by atoms with E-state index >= 15 is 0 Å². The SMILES string of the molecule is Brc1ccn2c(Nc3ccccc3)nnc2c1. The summed E-state index contributed by atoms with van der Waals surface area (Å²) in [5, 5.41) is 11.4. The van der Waals surface area contributed by atoms with Gasteiger partial charge in [0.25, 0.3) is 0 Å². The summed E-state index contributed by atoms with van der Waals surface area (Å²) in [4.78, 5) is 0. The van der Waals surface area contributed by atoms with Gasteiger partial charge in [-0.05, 0) is 24.3 Å². The molecule has 84 valence electrons. The first-order valence-electron chi connectivity index (χ1n) is 5.15. The lowest BCUT2D eigenvalue weighted by atomic mass is 10.3. The molecular weight excluding hydrogens is 280 g/mol. The second kappa shape index (κ2) is 4.18. The number of anilines is 2. The molecular formula is C12H9BrN4. The molecule has 3 rings (SSSR count). The minimum atomic E-state index is 0.707. The van der Waals surface area contributed by atoms with E-state index in [0.29, 0.717) is 5.95 Å². The Balaban J connectivity index is 2.01. The molecule has 5 heteroatoms. The number of pyridine rings is 1. The minimum Gasteiger partial charge on any atom is -0.324 e. The lowest BCUT2D eigenvalue weighted by Crippen LogP contribution is -1.96. The van der Waals surface area contributed by atoms with Crippen molar-refractivity contribution in [3.8, 4) is 0 Å². The third-order valence-electron chi connectivity index (χ3n) is 2.40. The van der Waals surface area contributed by atoms with Crippen molar-refractivity contribution < 1.29 is 0 Å². The van der Waals surface area contributed by atoms with Crippen LogP contribution in [0.1, 0.15) is 0 Å². The van der Waals surface area contributed by atoms with E-state index < -0.39 is 0 Å². The average molecular weight is 289 g/mol. The summed E-state index contributed by atoms with van der Waals surface area (Å²) in [5.41, 5.74) is 1.79. The Kier molecular flexibility index (Phi) is 2.53. The molecule has 4 nitrogen and oxygen atoms in total. The first-order chi connectivity index (χ1) is 8.33. The first-order valence-corrected chi connectivity index (χ1v) is 5.94. The maximum absolute atomic E-state index is 4.11. The highest BCUT2D eigenvalue weighted by molar-refractivity contribution is 9.10. The lowest BCUT2D eigenvalue weighted by molar-refractivity contribution is 1.11. The van der Waals surface area contributed by atoms with Gasteiger partial charge in [0, 0.05) is 16.4 Å². The zero-order valence-corrected chi connectivity index (χ0v) is 10.4. The van der Waals surface area contributed by atoms with Gasteiger partial charge in [-0.3, -0.25) is 4.40 Å². The van der Waals surface area contributed by atoms with E-state index in [0.717, 1.165) is 15.8 Å². The Morgan fingerprint density at radius 2 is 1.88 bits per heavy atom. The van der Waals surface area contributed by atoms with E-state index in [4.69, 9.17) is 0 Å². The van der Waals surface area contributed by atoms with Crippen molar-refractivity contribution in [2.75, 3.05) is 5.32 Å². The van der Waals surface area contributed by atoms with E-state index in [9.17, 15) is 0 Å². The van der Waals surface area contributed by atoms with Crippen LogP contribution in [-0.4, -0.2) is 14.6 Å². The monoisotopic (exact) mass is 288 g/mol. The predicted octanol–water partition coefficient (Wildman–Crippen LogP) is 3.24. The number of aromatic nitrogens is 3. The van der Waals surface area contributed by atoms with Gasteiger partial charge in [-0.1, -0.05) is 34.1 Å². The Hall–Kier alpha value is -1.88. The Bertz CT molecular complexity index is 648. The smallest absolute Gasteiger partial charge is 0.233 e. The summed E-state index contributed by atoms with van der Waals surface area (Å²) < 4.78 is 2.89. The van der Waals surface area contributed by atoms with Crippen LogP contribution in [0.5, 0.6) is 0 Å². The van der Waals surface area contributed by atoms with Gasteiger partial charge < -0.3 is 5.32 Å². The predicted molar refractivity (Wildman–Crippen MR) is 70.4 cm³/mol. The van der Waals surface area contributed by atoms with Gasteiger partial charge in [0.1, 0.15) is 0 Å². The number of nitrogens with one attached hydrogen (secondary N) is 1. The molecule has 2 aromatic heterocycles. The zero-order valence-electron chi connectivity index (χ0n) is 8.84. The van der Waals surface area contributed by atoms with Gasteiger partial charge in [-0.15, -0.1) is 10.2 Å². The van der Waals surface area contributed by atoms with E-state index in [1.54, 1.807) is 0 Å². The van der Waals surface area contributed by atoms with Gasteiger partial charge >= 0.3 is 0 Å². The topological polar surface area (TPSA) is 42.2 Å². The van der Waals surface area contributed by atoms with Gasteiger partial charge in [0.05, 0.1) is 0 Å². The Morgan fingerprint density at radius 1 is 1.06 bits per heavy atom. The number of hydrogen-bond donors (Lipinski definition) is 1. The number of fused-ring (bicyclic) bond motifs is 1. The third kappa shape index (κ3) is 2.01. The van der Waals surface area contributed by atoms with E-state index in [-0.39, 0.29) is 0 Å². The molecule has 0 aliphatic carbocycles. The van der Waals surface area contributed by atoms with Crippen LogP contribution in [0, 0.1) is 0 Å². The Labute approximate surface area is 106 Å². The quantitative estimate of drug-likeness (QED) is 0.787. The van der Waals surface area contributed by atoms with Crippen LogP contribution in [-0.2, 0) is 0 Å². The summed E-state index contributed by atoms with van der Waals surface area (Å²) in [5.74, 6) is 0.707. The van der Waals surface area contributed by atoms with Gasteiger partial charge in [0.15, 0.2) is 5.65 Å². The van der Waals surface area contributed by atoms with Gasteiger partial charge in [-0.2, -0.15) is 0 Å². The van der Waals surface area contributed by atoms with Crippen LogP contribution < -0.4 is 5.32 Å². The van der Waals surface area contributed by atoms with Crippen LogP contribution in [0.4, 0.5) is 11.6 Å². The maximum Gasteiger partial charge on any atom is 0.233 e. The van der Waals surface area contributed by atoms with Crippen molar-refractivity contribution in [3.63, 3.8) is 0 Å². The van der Waals surface area contributed by atoms with Crippen molar-refractivity contribution in [2.45, 2.75) is 0 Å². The molecule has 3 aromatic rings. The summed E-state index contributed by atoms with van der Waals surface area (Å²) in [6, 6.07) is 13.8. The molecule has 1 N–H and O–H groups in total. The van der Waals surface area contributed by atoms with Crippen LogP contribution >= 0.6 is 15.9 Å². The fourth-order valence-corrected chi connectivity index (χ4v) is 1.92. The molecule has 0 bridgehead atoms. The van der Waals surface area contributed by atoms with Crippen molar-refractivity contribution in [1.29, 1.82) is 0 Å². The summed E-state index contributed by atoms with van der Waals surface area (Å²) in [7, 11) is 0. The minimum absolute atomic E-state index is 0.707. The van der Waals surface area contributed by atoms with E-state index in [1.165, 1.54) is 0 Å². The molecule has 0 atom stereocenters. The summed E-state index contributed by atoms with van der Waals surface area (Å²) in [6.45, 7) is 0. The van der Waals surface area contributed by atoms with Crippen molar-refractivity contribution in [2.24, 2.45) is 0 Å². The fraction of sp³-hybridized carbons (Fsp3) is 0. The molecule has 17 heavy (non-hydrogen) atoms. The number of benzene rings is 1. The van der Waals surface area contributed by atoms with Crippen molar-refractivity contribution in [3.05, 3.63) is 53.1 Å². The molecule has 0 aliphatic rings. The average Bonchev–Trinajstić information content (AvgIpc) is 2.73. The van der Waals surface area contributed by atoms with E-state index in [1.807, 2.05) is 53.1 Å². The lowest BCUT2D eigenvalue weighted by Gasteiger charge is -2.03. The standard InChI is InChI=1S/C12H9BrN4/c13-9-6-7-17-11(8-9)15-16-12(17)14-10-4-2-1-3-5-10/h1-8H,(H,14,16). The highest BCUT2D eigenvalue weighted by Gasteiger charge is 2.04. The number of halogens is 1. The molecule has 0 saturated heterocycles. The van der Waals surface area contributed by atoms with Crippen LogP contribution in [0.15, 0.2) is 53.1 Å². The molecule has 0 amide bonds. The van der Waals surface area contributed by atoms with Gasteiger partial charge in [-0.25, -0.2) is 0 Å². The molecule has 0 spiro atoms. The second-order valence-electron chi connectivity index (χ2n) is 3.59. The molecule has 0 unspecified atom stereocenters. The maximum atomic E-state index is 4.11. The second-order valence-corrected chi connectivity index (χ2v) is 4.50. The number of rotatable bonds is 2. The Morgan fingerprint density at radius 3 is 2.71 bits per heavy atom. The number of para-hydroxylation sites is 1. The highest BCUT2D eigenvalue weighted by Crippen LogP contribution is 2.17. The van der Waals surface area contributed by atoms with Gasteiger partial charge in [0.2, 0.25) is 5.95 Å². The van der Waals surface area contributed by atoms with Crippen LogP contribution in [0.3, 0.4) is 0 Å². The largest absolute Gasteiger partial charge is 0.324 e. The normalized spacial score (nSPS) is 10.6. The third-order valence-corrected chi connectivity index (χ3v) is 2.90. The molecule has 0 fully saturated rings. The number of hydrogen-bond acceptors (Lipinski definition) is 3. The summed E-state index contributed by atoms with van der Waals surface area (Å²) in [6.07, 6.45) is 1.92. The summed E-state index contributed by atoms with van der Waals surface area (Å²) >= 11 is 3.41.